The average molecular weight is 355 g/mol. The van der Waals surface area contributed by atoms with Crippen LogP contribution in [0.5, 0.6) is 0 Å². The molecular formula is C14H13NO6S2. The van der Waals surface area contributed by atoms with E-state index < -0.39 is 30.0 Å². The van der Waals surface area contributed by atoms with Gasteiger partial charge in [-0.05, 0) is 37.6 Å². The van der Waals surface area contributed by atoms with Crippen LogP contribution < -0.4 is 0 Å². The number of benzene rings is 2. The first kappa shape index (κ1) is 15.9. The fourth-order valence-electron chi connectivity index (χ4n) is 2.66. The Hall–Kier alpha value is -1.94. The molecule has 3 N–H and O–H groups in total. The van der Waals surface area contributed by atoms with Gasteiger partial charge in [-0.15, -0.1) is 0 Å². The summed E-state index contributed by atoms with van der Waals surface area (Å²) in [6.45, 7) is 3.63. The van der Waals surface area contributed by atoms with Crippen molar-refractivity contribution in [1.29, 1.82) is 0 Å². The number of nitrogens with one attached hydrogen (secondary N) is 1. The second-order valence-electron chi connectivity index (χ2n) is 5.33. The minimum Gasteiger partial charge on any atom is -0.358 e. The summed E-state index contributed by atoms with van der Waals surface area (Å²) < 4.78 is 64.6. The van der Waals surface area contributed by atoms with E-state index in [4.69, 9.17) is 4.55 Å². The summed E-state index contributed by atoms with van der Waals surface area (Å²) in [5.41, 5.74) is 2.28. The number of hydrogen-bond acceptors (Lipinski definition) is 4. The fraction of sp³-hybridized carbons (Fsp3) is 0.143. The maximum atomic E-state index is 11.7. The van der Waals surface area contributed by atoms with Gasteiger partial charge in [-0.2, -0.15) is 16.8 Å². The van der Waals surface area contributed by atoms with Crippen LogP contribution in [0.2, 0.25) is 0 Å². The van der Waals surface area contributed by atoms with Crippen LogP contribution in [0, 0.1) is 13.8 Å². The summed E-state index contributed by atoms with van der Waals surface area (Å²) in [5.74, 6) is 0. The highest BCUT2D eigenvalue weighted by atomic mass is 32.2. The maximum absolute atomic E-state index is 11.7. The molecule has 0 fully saturated rings. The van der Waals surface area contributed by atoms with Gasteiger partial charge in [0.05, 0.1) is 10.4 Å². The summed E-state index contributed by atoms with van der Waals surface area (Å²) >= 11 is 0. The molecule has 0 saturated heterocycles. The molecule has 0 aliphatic heterocycles. The highest BCUT2D eigenvalue weighted by Crippen LogP contribution is 2.34. The number of H-pyrrole nitrogens is 1. The zero-order chi connectivity index (χ0) is 17.2. The van der Waals surface area contributed by atoms with Crippen LogP contribution >= 0.6 is 0 Å². The number of aromatic nitrogens is 1. The van der Waals surface area contributed by atoms with Gasteiger partial charge in [0.1, 0.15) is 4.90 Å². The molecule has 23 heavy (non-hydrogen) atoms. The molecule has 0 aliphatic rings. The monoisotopic (exact) mass is 355 g/mol. The van der Waals surface area contributed by atoms with Crippen molar-refractivity contribution < 1.29 is 25.9 Å². The van der Waals surface area contributed by atoms with Gasteiger partial charge in [-0.1, -0.05) is 6.07 Å². The molecule has 122 valence electrons. The molecule has 1 heterocycles. The lowest BCUT2D eigenvalue weighted by Gasteiger charge is -2.08. The molecule has 0 radical (unpaired) electrons. The molecule has 9 heteroatoms. The molecule has 0 saturated carbocycles. The van der Waals surface area contributed by atoms with Gasteiger partial charge in [0.15, 0.2) is 0 Å². The third-order valence-electron chi connectivity index (χ3n) is 3.93. The topological polar surface area (TPSA) is 125 Å². The Morgan fingerprint density at radius 1 is 0.870 bits per heavy atom. The quantitative estimate of drug-likeness (QED) is 0.606. The van der Waals surface area contributed by atoms with Crippen molar-refractivity contribution in [2.45, 2.75) is 23.6 Å². The van der Waals surface area contributed by atoms with E-state index in [0.29, 0.717) is 16.3 Å². The van der Waals surface area contributed by atoms with Crippen molar-refractivity contribution in [3.05, 3.63) is 35.5 Å². The Balaban J connectivity index is 2.61. The van der Waals surface area contributed by atoms with Gasteiger partial charge in [-0.3, -0.25) is 9.11 Å². The van der Waals surface area contributed by atoms with E-state index in [-0.39, 0.29) is 5.39 Å². The maximum Gasteiger partial charge on any atom is 0.295 e. The van der Waals surface area contributed by atoms with Crippen LogP contribution in [0.1, 0.15) is 11.3 Å². The zero-order valence-corrected chi connectivity index (χ0v) is 13.8. The molecule has 3 aromatic rings. The van der Waals surface area contributed by atoms with Gasteiger partial charge >= 0.3 is 0 Å². The Bertz CT molecular complexity index is 1170. The first-order valence-electron chi connectivity index (χ1n) is 6.51. The lowest BCUT2D eigenvalue weighted by Crippen LogP contribution is -2.02. The van der Waals surface area contributed by atoms with Crippen LogP contribution in [0.25, 0.3) is 21.7 Å². The Morgan fingerprint density at radius 2 is 1.52 bits per heavy atom. The number of rotatable bonds is 2. The molecule has 2 aromatic carbocycles. The van der Waals surface area contributed by atoms with E-state index in [2.05, 4.69) is 4.98 Å². The van der Waals surface area contributed by atoms with Crippen molar-refractivity contribution in [2.75, 3.05) is 0 Å². The van der Waals surface area contributed by atoms with Crippen LogP contribution in [-0.4, -0.2) is 30.9 Å². The predicted octanol–water partition coefficient (Wildman–Crippen LogP) is 2.43. The molecule has 7 nitrogen and oxygen atoms in total. The molecule has 0 aliphatic carbocycles. The lowest BCUT2D eigenvalue weighted by atomic mass is 10.1. The van der Waals surface area contributed by atoms with Crippen LogP contribution in [-0.2, 0) is 20.2 Å². The zero-order valence-electron chi connectivity index (χ0n) is 12.2. The normalized spacial score (nSPS) is 13.0. The second kappa shape index (κ2) is 4.78. The molecule has 0 unspecified atom stereocenters. The molecule has 0 atom stereocenters. The van der Waals surface area contributed by atoms with Crippen LogP contribution in [0.3, 0.4) is 0 Å². The summed E-state index contributed by atoms with van der Waals surface area (Å²) in [7, 11) is -9.08. The average Bonchev–Trinajstić information content (AvgIpc) is 2.71. The van der Waals surface area contributed by atoms with Crippen molar-refractivity contribution in [1.82, 2.24) is 4.98 Å². The predicted molar refractivity (Wildman–Crippen MR) is 84.9 cm³/mol. The van der Waals surface area contributed by atoms with E-state index in [0.717, 1.165) is 17.3 Å². The SMILES string of the molecule is Cc1[nH]c2c(cc(S(=O)(=O)O)c3cc(S(=O)(=O)O)ccc32)c1C. The van der Waals surface area contributed by atoms with Gasteiger partial charge < -0.3 is 4.98 Å². The summed E-state index contributed by atoms with van der Waals surface area (Å²) in [5, 5.41) is 1.05. The highest BCUT2D eigenvalue weighted by molar-refractivity contribution is 7.86. The Kier molecular flexibility index (Phi) is 3.31. The Morgan fingerprint density at radius 3 is 2.09 bits per heavy atom. The van der Waals surface area contributed by atoms with Gasteiger partial charge in [0, 0.05) is 21.9 Å². The van der Waals surface area contributed by atoms with Crippen molar-refractivity contribution >= 4 is 41.9 Å². The lowest BCUT2D eigenvalue weighted by molar-refractivity contribution is 0.480. The second-order valence-corrected chi connectivity index (χ2v) is 8.14. The van der Waals surface area contributed by atoms with Crippen molar-refractivity contribution in [3.8, 4) is 0 Å². The first-order valence-corrected chi connectivity index (χ1v) is 9.39. The molecule has 0 spiro atoms. The number of hydrogen-bond donors (Lipinski definition) is 3. The highest BCUT2D eigenvalue weighted by Gasteiger charge is 2.21. The van der Waals surface area contributed by atoms with Gasteiger partial charge in [0.25, 0.3) is 20.2 Å². The fourth-order valence-corrected chi connectivity index (χ4v) is 3.88. The van der Waals surface area contributed by atoms with Crippen molar-refractivity contribution in [3.63, 3.8) is 0 Å². The van der Waals surface area contributed by atoms with Crippen LogP contribution in [0.15, 0.2) is 34.1 Å². The molecular weight excluding hydrogens is 342 g/mol. The summed E-state index contributed by atoms with van der Waals surface area (Å²) in [6, 6.07) is 4.89. The minimum absolute atomic E-state index is 0.0105. The van der Waals surface area contributed by atoms with E-state index in [9.17, 15) is 21.4 Å². The van der Waals surface area contributed by atoms with E-state index in [1.54, 1.807) is 6.92 Å². The summed E-state index contributed by atoms with van der Waals surface area (Å²) in [6.07, 6.45) is 0. The van der Waals surface area contributed by atoms with Gasteiger partial charge in [0.2, 0.25) is 0 Å². The summed E-state index contributed by atoms with van der Waals surface area (Å²) in [4.78, 5) is 2.26. The Labute approximate surface area is 132 Å². The standard InChI is InChI=1S/C14H13NO6S2/c1-7-8(2)15-14-10-4-3-9(22(16,17)18)5-12(10)13(6-11(7)14)23(19,20)21/h3-6,15H,1-2H3,(H,16,17,18)(H,19,20,21). The third kappa shape index (κ3) is 2.51. The molecule has 3 rings (SSSR count). The van der Waals surface area contributed by atoms with Crippen LogP contribution in [0.4, 0.5) is 0 Å². The smallest absolute Gasteiger partial charge is 0.295 e. The first-order chi connectivity index (χ1) is 10.5. The van der Waals surface area contributed by atoms with Crippen molar-refractivity contribution in [2.24, 2.45) is 0 Å². The minimum atomic E-state index is -4.58. The molecule has 1 aromatic heterocycles. The van der Waals surface area contributed by atoms with E-state index in [1.165, 1.54) is 18.2 Å². The largest absolute Gasteiger partial charge is 0.358 e. The number of fused-ring (bicyclic) bond motifs is 3. The van der Waals surface area contributed by atoms with E-state index in [1.807, 2.05) is 6.92 Å². The number of aromatic amines is 1. The molecule has 0 bridgehead atoms. The van der Waals surface area contributed by atoms with E-state index >= 15 is 0 Å². The third-order valence-corrected chi connectivity index (χ3v) is 5.67. The van der Waals surface area contributed by atoms with Gasteiger partial charge in [-0.25, -0.2) is 0 Å². The molecule has 0 amide bonds. The number of aryl methyl sites for hydroxylation is 2.